The molecule has 0 atom stereocenters. The van der Waals surface area contributed by atoms with Gasteiger partial charge in [-0.1, -0.05) is 66.7 Å². The number of benzene rings is 4. The first-order valence-electron chi connectivity index (χ1n) is 10.1. The molecule has 1 N–H and O–H groups in total. The van der Waals surface area contributed by atoms with E-state index in [4.69, 9.17) is 14.2 Å². The zero-order valence-electron chi connectivity index (χ0n) is 17.0. The number of ether oxygens (including phenoxy) is 3. The lowest BCUT2D eigenvalue weighted by atomic mass is 10.0. The first-order valence-corrected chi connectivity index (χ1v) is 10.1. The highest BCUT2D eigenvalue weighted by atomic mass is 35.5. The lowest BCUT2D eigenvalue weighted by Crippen LogP contribution is -2.14. The van der Waals surface area contributed by atoms with Gasteiger partial charge in [-0.3, -0.25) is 0 Å². The van der Waals surface area contributed by atoms with Crippen molar-refractivity contribution in [3.8, 4) is 17.2 Å². The lowest BCUT2D eigenvalue weighted by Gasteiger charge is -2.15. The number of halogens is 1. The van der Waals surface area contributed by atoms with Crippen LogP contribution in [0, 0.1) is 0 Å². The molecule has 4 aromatic carbocycles. The van der Waals surface area contributed by atoms with E-state index >= 15 is 0 Å². The van der Waals surface area contributed by atoms with Crippen molar-refractivity contribution in [1.82, 2.24) is 5.32 Å². The predicted octanol–water partition coefficient (Wildman–Crippen LogP) is 5.86. The van der Waals surface area contributed by atoms with Gasteiger partial charge in [0.15, 0.2) is 11.5 Å². The lowest BCUT2D eigenvalue weighted by molar-refractivity contribution is 0.174. The van der Waals surface area contributed by atoms with Gasteiger partial charge in [0.1, 0.15) is 12.4 Å². The fourth-order valence-electron chi connectivity index (χ4n) is 3.75. The smallest absolute Gasteiger partial charge is 0.231 e. The highest BCUT2D eigenvalue weighted by molar-refractivity contribution is 5.87. The van der Waals surface area contributed by atoms with E-state index < -0.39 is 0 Å². The van der Waals surface area contributed by atoms with Gasteiger partial charge in [-0.05, 0) is 40.1 Å². The standard InChI is InChI=1S/C26H23NO3.ClH/c1-2-6-19(7-3-1)17-28-24-13-11-21-8-4-5-9-22(21)23(24)16-27-15-20-10-12-25-26(14-20)30-18-29-25;/h1-14,27H,15-18H2;1H. The van der Waals surface area contributed by atoms with Gasteiger partial charge < -0.3 is 19.5 Å². The fourth-order valence-corrected chi connectivity index (χ4v) is 3.75. The molecule has 0 saturated carbocycles. The van der Waals surface area contributed by atoms with Crippen LogP contribution in [0.1, 0.15) is 16.7 Å². The van der Waals surface area contributed by atoms with E-state index in [-0.39, 0.29) is 12.4 Å². The largest absolute Gasteiger partial charge is 0.489 e. The molecule has 0 aromatic heterocycles. The third-order valence-corrected chi connectivity index (χ3v) is 5.30. The summed E-state index contributed by atoms with van der Waals surface area (Å²) in [6.45, 7) is 2.29. The molecule has 5 heteroatoms. The Hall–Kier alpha value is -3.21. The van der Waals surface area contributed by atoms with Crippen molar-refractivity contribution < 1.29 is 14.2 Å². The Bertz CT molecular complexity index is 1160. The molecule has 31 heavy (non-hydrogen) atoms. The van der Waals surface area contributed by atoms with Crippen LogP contribution in [0.3, 0.4) is 0 Å². The minimum absolute atomic E-state index is 0. The third-order valence-electron chi connectivity index (χ3n) is 5.30. The highest BCUT2D eigenvalue weighted by Gasteiger charge is 2.13. The van der Waals surface area contributed by atoms with Gasteiger partial charge in [0, 0.05) is 18.7 Å². The zero-order chi connectivity index (χ0) is 20.2. The Morgan fingerprint density at radius 1 is 0.742 bits per heavy atom. The minimum atomic E-state index is 0. The summed E-state index contributed by atoms with van der Waals surface area (Å²) in [6, 6.07) is 28.9. The van der Waals surface area contributed by atoms with Crippen LogP contribution in [0.2, 0.25) is 0 Å². The molecule has 1 aliphatic heterocycles. The second-order valence-electron chi connectivity index (χ2n) is 7.33. The molecule has 0 aliphatic carbocycles. The summed E-state index contributed by atoms with van der Waals surface area (Å²) in [7, 11) is 0. The van der Waals surface area contributed by atoms with E-state index in [2.05, 4.69) is 59.9 Å². The summed E-state index contributed by atoms with van der Waals surface area (Å²) >= 11 is 0. The van der Waals surface area contributed by atoms with E-state index in [0.29, 0.717) is 19.9 Å². The van der Waals surface area contributed by atoms with E-state index in [9.17, 15) is 0 Å². The van der Waals surface area contributed by atoms with Crippen LogP contribution in [0.4, 0.5) is 0 Å². The summed E-state index contributed by atoms with van der Waals surface area (Å²) in [5.74, 6) is 2.53. The SMILES string of the molecule is Cl.c1ccc(COc2ccc3ccccc3c2CNCc2ccc3c(c2)OCO3)cc1. The van der Waals surface area contributed by atoms with Crippen LogP contribution < -0.4 is 19.5 Å². The number of hydrogen-bond acceptors (Lipinski definition) is 4. The summed E-state index contributed by atoms with van der Waals surface area (Å²) in [5.41, 5.74) is 3.49. The summed E-state index contributed by atoms with van der Waals surface area (Å²) in [6.07, 6.45) is 0. The second kappa shape index (κ2) is 9.73. The number of hydrogen-bond donors (Lipinski definition) is 1. The Morgan fingerprint density at radius 2 is 1.55 bits per heavy atom. The van der Waals surface area contributed by atoms with Gasteiger partial charge in [0.2, 0.25) is 6.79 Å². The maximum atomic E-state index is 6.22. The van der Waals surface area contributed by atoms with Crippen LogP contribution in [-0.4, -0.2) is 6.79 Å². The first-order chi connectivity index (χ1) is 14.9. The van der Waals surface area contributed by atoms with Gasteiger partial charge in [-0.25, -0.2) is 0 Å². The van der Waals surface area contributed by atoms with Crippen molar-refractivity contribution in [3.05, 3.63) is 102 Å². The van der Waals surface area contributed by atoms with Crippen LogP contribution in [0.25, 0.3) is 10.8 Å². The Kier molecular flexibility index (Phi) is 6.60. The molecule has 0 unspecified atom stereocenters. The maximum Gasteiger partial charge on any atom is 0.231 e. The number of nitrogens with one attached hydrogen (secondary N) is 1. The van der Waals surface area contributed by atoms with Crippen molar-refractivity contribution in [1.29, 1.82) is 0 Å². The van der Waals surface area contributed by atoms with Crippen LogP contribution in [0.5, 0.6) is 17.2 Å². The quantitative estimate of drug-likeness (QED) is 0.396. The summed E-state index contributed by atoms with van der Waals surface area (Å²) < 4.78 is 17.1. The van der Waals surface area contributed by atoms with E-state index in [1.807, 2.05) is 30.3 Å². The summed E-state index contributed by atoms with van der Waals surface area (Å²) in [4.78, 5) is 0. The monoisotopic (exact) mass is 433 g/mol. The van der Waals surface area contributed by atoms with Crippen LogP contribution in [0.15, 0.2) is 84.9 Å². The second-order valence-corrected chi connectivity index (χ2v) is 7.33. The minimum Gasteiger partial charge on any atom is -0.489 e. The van der Waals surface area contributed by atoms with E-state index in [1.165, 1.54) is 16.3 Å². The van der Waals surface area contributed by atoms with E-state index in [1.54, 1.807) is 0 Å². The molecule has 0 fully saturated rings. The van der Waals surface area contributed by atoms with Gasteiger partial charge >= 0.3 is 0 Å². The molecule has 1 heterocycles. The molecule has 0 amide bonds. The van der Waals surface area contributed by atoms with Gasteiger partial charge in [-0.2, -0.15) is 0 Å². The fraction of sp³-hybridized carbons (Fsp3) is 0.154. The summed E-state index contributed by atoms with van der Waals surface area (Å²) in [5, 5.41) is 5.99. The Morgan fingerprint density at radius 3 is 2.45 bits per heavy atom. The van der Waals surface area contributed by atoms with Gasteiger partial charge in [-0.15, -0.1) is 12.4 Å². The molecule has 4 nitrogen and oxygen atoms in total. The zero-order valence-corrected chi connectivity index (χ0v) is 17.9. The number of fused-ring (bicyclic) bond motifs is 2. The van der Waals surface area contributed by atoms with Crippen molar-refractivity contribution in [2.75, 3.05) is 6.79 Å². The van der Waals surface area contributed by atoms with E-state index in [0.717, 1.165) is 34.9 Å². The molecule has 0 spiro atoms. The molecule has 0 radical (unpaired) electrons. The Labute approximate surface area is 188 Å². The van der Waals surface area contributed by atoms with Crippen molar-refractivity contribution in [3.63, 3.8) is 0 Å². The topological polar surface area (TPSA) is 39.7 Å². The average Bonchev–Trinajstić information content (AvgIpc) is 3.27. The van der Waals surface area contributed by atoms with Gasteiger partial charge in [0.25, 0.3) is 0 Å². The molecule has 4 aromatic rings. The molecule has 1 aliphatic rings. The van der Waals surface area contributed by atoms with Gasteiger partial charge in [0.05, 0.1) is 0 Å². The number of rotatable bonds is 7. The highest BCUT2D eigenvalue weighted by Crippen LogP contribution is 2.33. The third kappa shape index (κ3) is 4.76. The first kappa shape index (κ1) is 21.0. The normalized spacial score (nSPS) is 11.9. The molecule has 0 saturated heterocycles. The molecule has 0 bridgehead atoms. The molecule has 5 rings (SSSR count). The molecule has 158 valence electrons. The average molecular weight is 434 g/mol. The molecular weight excluding hydrogens is 410 g/mol. The van der Waals surface area contributed by atoms with Crippen molar-refractivity contribution >= 4 is 23.2 Å². The van der Waals surface area contributed by atoms with Crippen molar-refractivity contribution in [2.24, 2.45) is 0 Å². The molecular formula is C26H24ClNO3. The predicted molar refractivity (Wildman–Crippen MR) is 125 cm³/mol. The van der Waals surface area contributed by atoms with Crippen molar-refractivity contribution in [2.45, 2.75) is 19.7 Å². The van der Waals surface area contributed by atoms with Crippen LogP contribution in [-0.2, 0) is 19.7 Å². The van der Waals surface area contributed by atoms with Crippen LogP contribution >= 0.6 is 12.4 Å². The Balaban J connectivity index is 0.00000231. The maximum absolute atomic E-state index is 6.22.